The summed E-state index contributed by atoms with van der Waals surface area (Å²) < 4.78 is 57.8. The molecular weight excluding hydrogens is 454 g/mol. The molecule has 2 heterocycles. The van der Waals surface area contributed by atoms with Gasteiger partial charge in [0.2, 0.25) is 0 Å². The predicted molar refractivity (Wildman–Crippen MR) is 114 cm³/mol. The number of carbonyl (C=O) groups is 1. The number of hydrogen-bond acceptors (Lipinski definition) is 5. The Morgan fingerprint density at radius 3 is 2.62 bits per heavy atom. The van der Waals surface area contributed by atoms with Gasteiger partial charge in [0.1, 0.15) is 17.8 Å². The highest BCUT2D eigenvalue weighted by atomic mass is 19.3. The molecule has 0 N–H and O–H groups in total. The minimum Gasteiger partial charge on any atom is -0.435 e. The van der Waals surface area contributed by atoms with E-state index in [1.54, 1.807) is 30.2 Å². The Balaban J connectivity index is 1.32. The smallest absolute Gasteiger partial charge is 0.387 e. The van der Waals surface area contributed by atoms with E-state index in [1.807, 2.05) is 0 Å². The Labute approximate surface area is 192 Å². The molecule has 5 rings (SSSR count). The number of halogens is 4. The summed E-state index contributed by atoms with van der Waals surface area (Å²) in [6, 6.07) is 5.82. The minimum absolute atomic E-state index is 0.0188. The van der Waals surface area contributed by atoms with E-state index in [2.05, 4.69) is 19.8 Å². The van der Waals surface area contributed by atoms with Crippen molar-refractivity contribution in [2.45, 2.75) is 50.7 Å². The summed E-state index contributed by atoms with van der Waals surface area (Å²) in [7, 11) is 1.66. The van der Waals surface area contributed by atoms with E-state index in [0.717, 1.165) is 24.0 Å². The van der Waals surface area contributed by atoms with Gasteiger partial charge in [0.15, 0.2) is 0 Å². The third-order valence-corrected chi connectivity index (χ3v) is 6.19. The van der Waals surface area contributed by atoms with Gasteiger partial charge in [-0.1, -0.05) is 5.57 Å². The van der Waals surface area contributed by atoms with Crippen LogP contribution >= 0.6 is 0 Å². The van der Waals surface area contributed by atoms with Crippen LogP contribution in [0.5, 0.6) is 5.75 Å². The first-order valence-corrected chi connectivity index (χ1v) is 10.8. The number of aromatic nitrogens is 4. The molecular formula is C23H21F4N5O2. The Hall–Kier alpha value is -3.50. The zero-order valence-electron chi connectivity index (χ0n) is 18.2. The van der Waals surface area contributed by atoms with Crippen molar-refractivity contribution in [1.29, 1.82) is 0 Å². The number of amides is 1. The van der Waals surface area contributed by atoms with Crippen LogP contribution < -0.4 is 4.74 Å². The fourth-order valence-corrected chi connectivity index (χ4v) is 4.15. The molecule has 2 saturated carbocycles. The summed E-state index contributed by atoms with van der Waals surface area (Å²) in [4.78, 5) is 22.4. The Bertz CT molecular complexity index is 1260. The molecule has 0 atom stereocenters. The first-order valence-electron chi connectivity index (χ1n) is 10.8. The van der Waals surface area contributed by atoms with Gasteiger partial charge in [-0.25, -0.2) is 13.8 Å². The van der Waals surface area contributed by atoms with Crippen molar-refractivity contribution in [2.75, 3.05) is 7.05 Å². The van der Waals surface area contributed by atoms with Crippen molar-refractivity contribution in [3.8, 4) is 5.75 Å². The van der Waals surface area contributed by atoms with E-state index in [-0.39, 0.29) is 35.1 Å². The third kappa shape index (κ3) is 4.46. The molecule has 1 aromatic carbocycles. The summed E-state index contributed by atoms with van der Waals surface area (Å²) in [6.45, 7) is -2.97. The molecule has 0 spiro atoms. The van der Waals surface area contributed by atoms with E-state index in [4.69, 9.17) is 0 Å². The van der Waals surface area contributed by atoms with Crippen LogP contribution in [0.25, 0.3) is 11.9 Å². The molecule has 11 heteroatoms. The third-order valence-electron chi connectivity index (χ3n) is 6.19. The van der Waals surface area contributed by atoms with Gasteiger partial charge in [0.05, 0.1) is 5.69 Å². The van der Waals surface area contributed by atoms with Crippen LogP contribution in [0.2, 0.25) is 0 Å². The summed E-state index contributed by atoms with van der Waals surface area (Å²) >= 11 is 0. The number of hydrogen-bond donors (Lipinski definition) is 0. The van der Waals surface area contributed by atoms with Crippen LogP contribution in [0.15, 0.2) is 36.2 Å². The lowest BCUT2D eigenvalue weighted by Crippen LogP contribution is -2.42. The summed E-state index contributed by atoms with van der Waals surface area (Å²) in [5.74, 6) is 0.0524. The number of nitrogens with zero attached hydrogens (tertiary/aromatic N) is 5. The van der Waals surface area contributed by atoms with Crippen molar-refractivity contribution >= 4 is 17.8 Å². The maximum atomic E-state index is 13.2. The van der Waals surface area contributed by atoms with Crippen LogP contribution in [0, 0.1) is 0 Å². The Kier molecular flexibility index (Phi) is 5.70. The quantitative estimate of drug-likeness (QED) is 0.457. The average Bonchev–Trinajstić information content (AvgIpc) is 3.51. The van der Waals surface area contributed by atoms with Gasteiger partial charge in [-0.2, -0.15) is 23.4 Å². The van der Waals surface area contributed by atoms with Gasteiger partial charge in [0.25, 0.3) is 18.1 Å². The predicted octanol–water partition coefficient (Wildman–Crippen LogP) is 4.86. The van der Waals surface area contributed by atoms with E-state index in [1.165, 1.54) is 23.0 Å². The van der Waals surface area contributed by atoms with Crippen molar-refractivity contribution in [3.63, 3.8) is 0 Å². The second-order valence-electron chi connectivity index (χ2n) is 8.60. The SMILES string of the molecule is CN(C(=O)c1cc(OC(F)F)cc(C2CC2)c1)C1CC(=Cc2cc(C(F)F)nc3ncnn23)C1. The van der Waals surface area contributed by atoms with E-state index in [9.17, 15) is 22.4 Å². The highest BCUT2D eigenvalue weighted by Crippen LogP contribution is 2.42. The van der Waals surface area contributed by atoms with Gasteiger partial charge < -0.3 is 9.64 Å². The van der Waals surface area contributed by atoms with Crippen molar-refractivity contribution in [1.82, 2.24) is 24.5 Å². The van der Waals surface area contributed by atoms with Crippen LogP contribution in [-0.2, 0) is 0 Å². The molecule has 0 bridgehead atoms. The van der Waals surface area contributed by atoms with Gasteiger partial charge in [-0.15, -0.1) is 0 Å². The molecule has 2 aliphatic rings. The lowest BCUT2D eigenvalue weighted by molar-refractivity contribution is -0.0499. The fourth-order valence-electron chi connectivity index (χ4n) is 4.15. The summed E-state index contributed by atoms with van der Waals surface area (Å²) in [6.07, 6.45) is 3.28. The fraction of sp³-hybridized carbons (Fsp3) is 0.391. The molecule has 7 nitrogen and oxygen atoms in total. The molecule has 178 valence electrons. The number of alkyl halides is 4. The van der Waals surface area contributed by atoms with Crippen molar-refractivity contribution in [3.05, 3.63) is 58.7 Å². The standard InChI is InChI=1S/C23H21F4N5O2/c1-31(21(33)15-7-14(13-2-3-13)8-18(9-15)34-22(26)27)16-4-12(5-16)6-17-10-19(20(24)25)30-23-28-11-29-32(17)23/h6-11,13,16,20,22H,2-5H2,1H3. The zero-order valence-corrected chi connectivity index (χ0v) is 18.2. The number of fused-ring (bicyclic) bond motifs is 1. The van der Waals surface area contributed by atoms with Crippen LogP contribution in [-0.4, -0.2) is 50.1 Å². The number of carbonyl (C=O) groups excluding carboxylic acids is 1. The lowest BCUT2D eigenvalue weighted by atomic mass is 9.84. The normalized spacial score (nSPS) is 17.9. The first-order chi connectivity index (χ1) is 16.3. The second-order valence-corrected chi connectivity index (χ2v) is 8.60. The van der Waals surface area contributed by atoms with E-state index >= 15 is 0 Å². The Morgan fingerprint density at radius 2 is 1.94 bits per heavy atom. The van der Waals surface area contributed by atoms with Crippen LogP contribution in [0.4, 0.5) is 17.6 Å². The largest absolute Gasteiger partial charge is 0.435 e. The zero-order chi connectivity index (χ0) is 24.0. The molecule has 2 fully saturated rings. The van der Waals surface area contributed by atoms with E-state index in [0.29, 0.717) is 24.1 Å². The number of benzene rings is 1. The molecule has 2 aromatic heterocycles. The second kappa shape index (κ2) is 8.69. The Morgan fingerprint density at radius 1 is 1.18 bits per heavy atom. The summed E-state index contributed by atoms with van der Waals surface area (Å²) in [5.41, 5.74) is 2.15. The average molecular weight is 475 g/mol. The monoisotopic (exact) mass is 475 g/mol. The molecule has 0 saturated heterocycles. The van der Waals surface area contributed by atoms with Gasteiger partial charge in [-0.3, -0.25) is 4.79 Å². The van der Waals surface area contributed by atoms with E-state index < -0.39 is 13.0 Å². The number of ether oxygens (including phenoxy) is 1. The highest BCUT2D eigenvalue weighted by molar-refractivity contribution is 5.95. The molecule has 0 aliphatic heterocycles. The highest BCUT2D eigenvalue weighted by Gasteiger charge is 2.32. The lowest BCUT2D eigenvalue weighted by Gasteiger charge is -2.37. The van der Waals surface area contributed by atoms with Crippen LogP contribution in [0.3, 0.4) is 0 Å². The molecule has 3 aromatic rings. The van der Waals surface area contributed by atoms with Crippen molar-refractivity contribution in [2.24, 2.45) is 0 Å². The summed E-state index contributed by atoms with van der Waals surface area (Å²) in [5, 5.41) is 4.03. The number of rotatable bonds is 7. The molecule has 1 amide bonds. The van der Waals surface area contributed by atoms with Gasteiger partial charge in [-0.05, 0) is 67.5 Å². The minimum atomic E-state index is -2.97. The molecule has 34 heavy (non-hydrogen) atoms. The van der Waals surface area contributed by atoms with Gasteiger partial charge in [0, 0.05) is 18.7 Å². The first kappa shape index (κ1) is 22.3. The molecule has 0 unspecified atom stereocenters. The topological polar surface area (TPSA) is 72.6 Å². The van der Waals surface area contributed by atoms with Crippen LogP contribution in [0.1, 0.15) is 65.3 Å². The van der Waals surface area contributed by atoms with Crippen molar-refractivity contribution < 1.29 is 27.1 Å². The molecule has 0 radical (unpaired) electrons. The molecule has 2 aliphatic carbocycles. The maximum Gasteiger partial charge on any atom is 0.387 e. The maximum absolute atomic E-state index is 13.2. The van der Waals surface area contributed by atoms with Gasteiger partial charge >= 0.3 is 6.61 Å².